The number of hydrogen-bond donors (Lipinski definition) is 1. The molecule has 6 heteroatoms. The van der Waals surface area contributed by atoms with Crippen molar-refractivity contribution < 1.29 is 0 Å². The Kier molecular flexibility index (Phi) is 5.71. The molecule has 0 spiro atoms. The Morgan fingerprint density at radius 1 is 1.00 bits per heavy atom. The molecule has 0 saturated heterocycles. The summed E-state index contributed by atoms with van der Waals surface area (Å²) >= 11 is 16.1. The number of benzene rings is 1. The van der Waals surface area contributed by atoms with Crippen molar-refractivity contribution in [3.05, 3.63) is 51.4 Å². The van der Waals surface area contributed by atoms with Crippen molar-refractivity contribution in [2.75, 3.05) is 7.05 Å². The highest BCUT2D eigenvalue weighted by molar-refractivity contribution is 9.12. The topological polar surface area (TPSA) is 12.0 Å². The van der Waals surface area contributed by atoms with Gasteiger partial charge in [0.25, 0.3) is 0 Å². The maximum absolute atomic E-state index is 3.67. The van der Waals surface area contributed by atoms with E-state index in [-0.39, 0.29) is 6.04 Å². The molecule has 1 N–H and O–H groups in total. The van der Waals surface area contributed by atoms with Gasteiger partial charge in [0.2, 0.25) is 0 Å². The molecule has 0 aliphatic carbocycles. The highest BCUT2D eigenvalue weighted by atomic mass is 79.9. The molecule has 1 heterocycles. The third-order valence-electron chi connectivity index (χ3n) is 2.87. The van der Waals surface area contributed by atoms with Crippen LogP contribution in [0.15, 0.2) is 34.7 Å². The van der Waals surface area contributed by atoms with E-state index in [0.29, 0.717) is 0 Å². The second kappa shape index (κ2) is 6.71. The zero-order valence-corrected chi connectivity index (χ0v) is 17.4. The summed E-state index contributed by atoms with van der Waals surface area (Å²) in [6, 6.07) is 6.59. The maximum atomic E-state index is 3.67. The maximum Gasteiger partial charge on any atom is 0.0761 e. The van der Waals surface area contributed by atoms with Gasteiger partial charge in [0.15, 0.2) is 0 Å². The molecule has 0 aliphatic heterocycles. The zero-order chi connectivity index (χ0) is 14.2. The fourth-order valence-corrected chi connectivity index (χ4v) is 5.86. The first-order chi connectivity index (χ1) is 8.93. The molecule has 102 valence electrons. The molecular weight excluding hydrogens is 522 g/mol. The van der Waals surface area contributed by atoms with Gasteiger partial charge in [-0.2, -0.15) is 0 Å². The first-order valence-corrected chi connectivity index (χ1v) is 9.50. The predicted molar refractivity (Wildman–Crippen MR) is 97.2 cm³/mol. The quantitative estimate of drug-likeness (QED) is 0.481. The van der Waals surface area contributed by atoms with E-state index in [2.05, 4.69) is 94.2 Å². The average Bonchev–Trinajstić information content (AvgIpc) is 2.66. The summed E-state index contributed by atoms with van der Waals surface area (Å²) in [6.45, 7) is 2.09. The minimum atomic E-state index is 0.142. The lowest BCUT2D eigenvalue weighted by atomic mass is 10.0. The molecule has 1 atom stereocenters. The Balaban J connectivity index is 2.54. The first kappa shape index (κ1) is 16.2. The zero-order valence-electron chi connectivity index (χ0n) is 10.2. The van der Waals surface area contributed by atoms with Crippen LogP contribution in [0.3, 0.4) is 0 Å². The molecular formula is C13H11Br4NS. The van der Waals surface area contributed by atoms with Crippen molar-refractivity contribution in [3.63, 3.8) is 0 Å². The van der Waals surface area contributed by atoms with Crippen molar-refractivity contribution in [3.8, 4) is 0 Å². The van der Waals surface area contributed by atoms with Crippen LogP contribution in [0, 0.1) is 6.92 Å². The van der Waals surface area contributed by atoms with Gasteiger partial charge in [0.1, 0.15) is 0 Å². The van der Waals surface area contributed by atoms with Crippen molar-refractivity contribution in [1.29, 1.82) is 0 Å². The molecule has 1 unspecified atom stereocenters. The second-order valence-corrected chi connectivity index (χ2v) is 9.58. The van der Waals surface area contributed by atoms with Crippen molar-refractivity contribution in [1.82, 2.24) is 5.32 Å². The van der Waals surface area contributed by atoms with E-state index < -0.39 is 0 Å². The van der Waals surface area contributed by atoms with E-state index in [1.165, 1.54) is 16.7 Å². The first-order valence-electron chi connectivity index (χ1n) is 5.51. The predicted octanol–water partition coefficient (Wildman–Crippen LogP) is 6.42. The molecule has 0 aliphatic rings. The summed E-state index contributed by atoms with van der Waals surface area (Å²) in [5, 5.41) is 3.38. The smallest absolute Gasteiger partial charge is 0.0761 e. The van der Waals surface area contributed by atoms with E-state index in [4.69, 9.17) is 0 Å². The van der Waals surface area contributed by atoms with Gasteiger partial charge < -0.3 is 5.32 Å². The van der Waals surface area contributed by atoms with Gasteiger partial charge in [-0.1, -0.05) is 31.9 Å². The molecule has 1 nitrogen and oxygen atoms in total. The molecule has 0 bridgehead atoms. The number of thiophene rings is 1. The van der Waals surface area contributed by atoms with E-state index in [1.807, 2.05) is 7.05 Å². The van der Waals surface area contributed by atoms with Gasteiger partial charge in [-0.3, -0.25) is 0 Å². The van der Waals surface area contributed by atoms with Crippen molar-refractivity contribution in [2.45, 2.75) is 13.0 Å². The van der Waals surface area contributed by atoms with Gasteiger partial charge in [0.05, 0.1) is 13.6 Å². The highest BCUT2D eigenvalue weighted by Gasteiger charge is 2.20. The summed E-state index contributed by atoms with van der Waals surface area (Å²) < 4.78 is 4.50. The summed E-state index contributed by atoms with van der Waals surface area (Å²) in [5.74, 6) is 0. The Bertz CT molecular complexity index is 609. The summed E-state index contributed by atoms with van der Waals surface area (Å²) in [6.07, 6.45) is 0. The fourth-order valence-electron chi connectivity index (χ4n) is 1.91. The third-order valence-corrected chi connectivity index (χ3v) is 6.80. The summed E-state index contributed by atoms with van der Waals surface area (Å²) in [5.41, 5.74) is 3.66. The van der Waals surface area contributed by atoms with Crippen LogP contribution in [0.1, 0.15) is 22.7 Å². The Morgan fingerprint density at radius 3 is 2.21 bits per heavy atom. The monoisotopic (exact) mass is 529 g/mol. The van der Waals surface area contributed by atoms with Crippen LogP contribution in [0.25, 0.3) is 0 Å². The van der Waals surface area contributed by atoms with E-state index in [0.717, 1.165) is 16.5 Å². The lowest BCUT2D eigenvalue weighted by molar-refractivity contribution is 0.688. The summed E-state index contributed by atoms with van der Waals surface area (Å²) in [7, 11) is 1.98. The third kappa shape index (κ3) is 3.52. The SMILES string of the molecule is CNC(c1cc(Br)c(C)cc1Br)c1cc(Br)sc1Br. The van der Waals surface area contributed by atoms with Gasteiger partial charge in [-0.25, -0.2) is 0 Å². The molecule has 0 fully saturated rings. The second-order valence-electron chi connectivity index (χ2n) is 4.12. The number of nitrogens with one attached hydrogen (secondary N) is 1. The van der Waals surface area contributed by atoms with Gasteiger partial charge >= 0.3 is 0 Å². The average molecular weight is 533 g/mol. The number of halogens is 4. The fraction of sp³-hybridized carbons (Fsp3) is 0.231. The highest BCUT2D eigenvalue weighted by Crippen LogP contribution is 2.40. The number of aryl methyl sites for hydroxylation is 1. The van der Waals surface area contributed by atoms with E-state index in [1.54, 1.807) is 11.3 Å². The molecule has 19 heavy (non-hydrogen) atoms. The molecule has 2 aromatic rings. The minimum absolute atomic E-state index is 0.142. The molecule has 0 radical (unpaired) electrons. The van der Waals surface area contributed by atoms with Crippen LogP contribution < -0.4 is 5.32 Å². The van der Waals surface area contributed by atoms with Crippen LogP contribution in [0.4, 0.5) is 0 Å². The normalized spacial score (nSPS) is 12.7. The Labute approximate surface area is 150 Å². The van der Waals surface area contributed by atoms with Gasteiger partial charge in [-0.05, 0) is 80.7 Å². The van der Waals surface area contributed by atoms with Crippen LogP contribution in [-0.4, -0.2) is 7.05 Å². The van der Waals surface area contributed by atoms with Crippen LogP contribution in [0.2, 0.25) is 0 Å². The number of rotatable bonds is 3. The van der Waals surface area contributed by atoms with Gasteiger partial charge in [0, 0.05) is 8.95 Å². The largest absolute Gasteiger partial charge is 0.309 e. The lowest BCUT2D eigenvalue weighted by Gasteiger charge is -2.19. The van der Waals surface area contributed by atoms with E-state index in [9.17, 15) is 0 Å². The van der Waals surface area contributed by atoms with Crippen LogP contribution in [-0.2, 0) is 0 Å². The van der Waals surface area contributed by atoms with Crippen LogP contribution in [0.5, 0.6) is 0 Å². The molecule has 0 saturated carbocycles. The number of hydrogen-bond acceptors (Lipinski definition) is 2. The molecule has 2 rings (SSSR count). The standard InChI is InChI=1S/C13H11Br4NS/c1-6-3-10(15)7(4-9(6)14)12(18-2)8-5-11(16)19-13(8)17/h3-5,12,18H,1-2H3. The van der Waals surface area contributed by atoms with Crippen molar-refractivity contribution >= 4 is 75.1 Å². The summed E-state index contributed by atoms with van der Waals surface area (Å²) in [4.78, 5) is 0. The van der Waals surface area contributed by atoms with Crippen LogP contribution >= 0.6 is 75.1 Å². The molecule has 1 aromatic heterocycles. The Hall–Kier alpha value is 0.800. The molecule has 0 amide bonds. The minimum Gasteiger partial charge on any atom is -0.309 e. The van der Waals surface area contributed by atoms with E-state index >= 15 is 0 Å². The Morgan fingerprint density at radius 2 is 1.68 bits per heavy atom. The molecule has 1 aromatic carbocycles. The van der Waals surface area contributed by atoms with Crippen molar-refractivity contribution in [2.24, 2.45) is 0 Å². The lowest BCUT2D eigenvalue weighted by Crippen LogP contribution is -2.18. The van der Waals surface area contributed by atoms with Gasteiger partial charge in [-0.15, -0.1) is 11.3 Å².